The van der Waals surface area contributed by atoms with Gasteiger partial charge >= 0.3 is 5.97 Å². The summed E-state index contributed by atoms with van der Waals surface area (Å²) >= 11 is 0. The van der Waals surface area contributed by atoms with Crippen molar-refractivity contribution in [3.05, 3.63) is 39.7 Å². The number of ether oxygens (including phenoxy) is 1. The molecule has 1 aromatic rings. The van der Waals surface area contributed by atoms with Crippen LogP contribution in [0.1, 0.15) is 16.8 Å². The molecule has 7 nitrogen and oxygen atoms in total. The average molecular weight is 296 g/mol. The van der Waals surface area contributed by atoms with E-state index in [1.165, 1.54) is 12.0 Å². The van der Waals surface area contributed by atoms with Crippen molar-refractivity contribution in [2.75, 3.05) is 20.2 Å². The van der Waals surface area contributed by atoms with Crippen molar-refractivity contribution in [1.82, 2.24) is 4.90 Å². The van der Waals surface area contributed by atoms with Crippen LogP contribution in [-0.2, 0) is 9.53 Å². The molecule has 1 fully saturated rings. The number of non-ortho nitro benzene ring substituents is 1. The molecule has 1 aliphatic rings. The second-order valence-corrected chi connectivity index (χ2v) is 4.68. The highest BCUT2D eigenvalue weighted by molar-refractivity contribution is 5.95. The second-order valence-electron chi connectivity index (χ2n) is 4.68. The minimum Gasteiger partial charge on any atom is -0.469 e. The van der Waals surface area contributed by atoms with Gasteiger partial charge in [-0.3, -0.25) is 19.7 Å². The molecule has 0 saturated carbocycles. The lowest BCUT2D eigenvalue weighted by atomic mass is 10.1. The summed E-state index contributed by atoms with van der Waals surface area (Å²) in [4.78, 5) is 34.9. The molecular formula is C13H13FN2O5. The van der Waals surface area contributed by atoms with E-state index >= 15 is 0 Å². The summed E-state index contributed by atoms with van der Waals surface area (Å²) in [6.07, 6.45) is 0.426. The average Bonchev–Trinajstić information content (AvgIpc) is 2.95. The Labute approximate surface area is 119 Å². The molecule has 21 heavy (non-hydrogen) atoms. The second kappa shape index (κ2) is 5.86. The minimum atomic E-state index is -0.827. The molecule has 0 N–H and O–H groups in total. The zero-order valence-electron chi connectivity index (χ0n) is 11.2. The first kappa shape index (κ1) is 14.9. The van der Waals surface area contributed by atoms with Gasteiger partial charge in [0.05, 0.1) is 23.5 Å². The largest absolute Gasteiger partial charge is 0.469 e. The molecule has 1 unspecified atom stereocenters. The minimum absolute atomic E-state index is 0.119. The van der Waals surface area contributed by atoms with Gasteiger partial charge in [0, 0.05) is 25.2 Å². The molecule has 8 heteroatoms. The van der Waals surface area contributed by atoms with Gasteiger partial charge in [-0.1, -0.05) is 0 Å². The summed E-state index contributed by atoms with van der Waals surface area (Å²) in [7, 11) is 1.26. The SMILES string of the molecule is COC(=O)C1CCN(C(=O)c2cc([N+](=O)[O-])ccc2F)C1. The Hall–Kier alpha value is -2.51. The smallest absolute Gasteiger partial charge is 0.310 e. The number of likely N-dealkylation sites (tertiary alicyclic amines) is 1. The van der Waals surface area contributed by atoms with Crippen molar-refractivity contribution in [3.63, 3.8) is 0 Å². The maximum atomic E-state index is 13.7. The number of rotatable bonds is 3. The van der Waals surface area contributed by atoms with E-state index in [4.69, 9.17) is 0 Å². The van der Waals surface area contributed by atoms with E-state index < -0.39 is 28.5 Å². The van der Waals surface area contributed by atoms with Gasteiger partial charge < -0.3 is 9.64 Å². The number of methoxy groups -OCH3 is 1. The van der Waals surface area contributed by atoms with Gasteiger partial charge in [-0.15, -0.1) is 0 Å². The van der Waals surface area contributed by atoms with Crippen molar-refractivity contribution < 1.29 is 23.6 Å². The van der Waals surface area contributed by atoms with Gasteiger partial charge in [0.15, 0.2) is 0 Å². The monoisotopic (exact) mass is 296 g/mol. The van der Waals surface area contributed by atoms with Gasteiger partial charge in [-0.05, 0) is 12.5 Å². The lowest BCUT2D eigenvalue weighted by Crippen LogP contribution is -2.30. The van der Waals surface area contributed by atoms with Crippen LogP contribution in [0.2, 0.25) is 0 Å². The first-order chi connectivity index (χ1) is 9.93. The van der Waals surface area contributed by atoms with Crippen molar-refractivity contribution >= 4 is 17.6 Å². The van der Waals surface area contributed by atoms with E-state index in [1.54, 1.807) is 0 Å². The third kappa shape index (κ3) is 2.99. The maximum absolute atomic E-state index is 13.7. The highest BCUT2D eigenvalue weighted by Gasteiger charge is 2.33. The fourth-order valence-corrected chi connectivity index (χ4v) is 2.26. The van der Waals surface area contributed by atoms with Gasteiger partial charge in [0.2, 0.25) is 0 Å². The lowest BCUT2D eigenvalue weighted by Gasteiger charge is -2.16. The number of carbonyl (C=O) groups excluding carboxylic acids is 2. The van der Waals surface area contributed by atoms with Crippen molar-refractivity contribution in [2.45, 2.75) is 6.42 Å². The van der Waals surface area contributed by atoms with Crippen molar-refractivity contribution in [1.29, 1.82) is 0 Å². The van der Waals surface area contributed by atoms with Gasteiger partial charge in [-0.2, -0.15) is 0 Å². The van der Waals surface area contributed by atoms with Crippen LogP contribution < -0.4 is 0 Å². The Bertz CT molecular complexity index is 604. The Kier molecular flexibility index (Phi) is 4.15. The summed E-state index contributed by atoms with van der Waals surface area (Å²) in [6.45, 7) is 0.397. The number of benzene rings is 1. The number of nitro benzene ring substituents is 1. The zero-order chi connectivity index (χ0) is 15.6. The molecule has 1 heterocycles. The Balaban J connectivity index is 2.19. The fourth-order valence-electron chi connectivity index (χ4n) is 2.26. The van der Waals surface area contributed by atoms with Gasteiger partial charge in [0.25, 0.3) is 11.6 Å². The van der Waals surface area contributed by atoms with E-state index in [1.807, 2.05) is 0 Å². The summed E-state index contributed by atoms with van der Waals surface area (Å²) in [5, 5.41) is 10.7. The molecule has 0 radical (unpaired) electrons. The number of amides is 1. The summed E-state index contributed by atoms with van der Waals surface area (Å²) in [6, 6.07) is 2.79. The predicted molar refractivity (Wildman–Crippen MR) is 69.1 cm³/mol. The van der Waals surface area contributed by atoms with Gasteiger partial charge in [-0.25, -0.2) is 4.39 Å². The Morgan fingerprint density at radius 2 is 2.19 bits per heavy atom. The normalized spacial score (nSPS) is 17.6. The van der Waals surface area contributed by atoms with Crippen LogP contribution in [0.25, 0.3) is 0 Å². The Morgan fingerprint density at radius 3 is 2.81 bits per heavy atom. The van der Waals surface area contributed by atoms with Crippen LogP contribution in [0, 0.1) is 21.8 Å². The molecule has 2 rings (SSSR count). The number of nitro groups is 1. The highest BCUT2D eigenvalue weighted by atomic mass is 19.1. The van der Waals surface area contributed by atoms with E-state index in [0.717, 1.165) is 18.2 Å². The third-order valence-corrected chi connectivity index (χ3v) is 3.40. The third-order valence-electron chi connectivity index (χ3n) is 3.40. The summed E-state index contributed by atoms with van der Waals surface area (Å²) in [5.74, 6) is -2.36. The molecule has 0 aliphatic carbocycles. The van der Waals surface area contributed by atoms with Crippen molar-refractivity contribution in [2.24, 2.45) is 5.92 Å². The van der Waals surface area contributed by atoms with Crippen LogP contribution in [-0.4, -0.2) is 41.9 Å². The zero-order valence-corrected chi connectivity index (χ0v) is 11.2. The van der Waals surface area contributed by atoms with Crippen LogP contribution >= 0.6 is 0 Å². The van der Waals surface area contributed by atoms with E-state index in [2.05, 4.69) is 4.74 Å². The first-order valence-electron chi connectivity index (χ1n) is 6.25. The van der Waals surface area contributed by atoms with Gasteiger partial charge in [0.1, 0.15) is 5.82 Å². The topological polar surface area (TPSA) is 89.8 Å². The quantitative estimate of drug-likeness (QED) is 0.477. The van der Waals surface area contributed by atoms with Crippen LogP contribution in [0.3, 0.4) is 0 Å². The molecule has 0 spiro atoms. The number of esters is 1. The van der Waals surface area contributed by atoms with E-state index in [-0.39, 0.29) is 24.3 Å². The molecule has 1 amide bonds. The highest BCUT2D eigenvalue weighted by Crippen LogP contribution is 2.23. The Morgan fingerprint density at radius 1 is 1.48 bits per heavy atom. The predicted octanol–water partition coefficient (Wildman–Crippen LogP) is 1.37. The molecule has 1 saturated heterocycles. The van der Waals surface area contributed by atoms with E-state index in [0.29, 0.717) is 6.42 Å². The summed E-state index contributed by atoms with van der Waals surface area (Å²) in [5.41, 5.74) is -0.724. The molecule has 0 aromatic heterocycles. The maximum Gasteiger partial charge on any atom is 0.310 e. The number of hydrogen-bond acceptors (Lipinski definition) is 5. The molecule has 112 valence electrons. The van der Waals surface area contributed by atoms with Crippen LogP contribution in [0.15, 0.2) is 18.2 Å². The number of halogens is 1. The lowest BCUT2D eigenvalue weighted by molar-refractivity contribution is -0.384. The van der Waals surface area contributed by atoms with Crippen LogP contribution in [0.5, 0.6) is 0 Å². The molecular weight excluding hydrogens is 283 g/mol. The standard InChI is InChI=1S/C13H13FN2O5/c1-21-13(18)8-4-5-15(7-8)12(17)10-6-9(16(19)20)2-3-11(10)14/h2-3,6,8H,4-5,7H2,1H3. The fraction of sp³-hybridized carbons (Fsp3) is 0.385. The molecule has 0 bridgehead atoms. The number of carbonyl (C=O) groups is 2. The van der Waals surface area contributed by atoms with E-state index in [9.17, 15) is 24.1 Å². The molecule has 1 atom stereocenters. The molecule has 1 aromatic carbocycles. The molecule has 1 aliphatic heterocycles. The van der Waals surface area contributed by atoms with Crippen LogP contribution in [0.4, 0.5) is 10.1 Å². The number of nitrogens with zero attached hydrogens (tertiary/aromatic N) is 2. The first-order valence-corrected chi connectivity index (χ1v) is 6.25. The van der Waals surface area contributed by atoms with Crippen molar-refractivity contribution in [3.8, 4) is 0 Å². The summed E-state index contributed by atoms with van der Waals surface area (Å²) < 4.78 is 18.3. The number of hydrogen-bond donors (Lipinski definition) is 0.